The molecule has 0 saturated carbocycles. The lowest BCUT2D eigenvalue weighted by Gasteiger charge is -2.24. The maximum atomic E-state index is 10.6. The van der Waals surface area contributed by atoms with E-state index in [1.165, 1.54) is 10.0 Å². The number of thiol groups is 1. The van der Waals surface area contributed by atoms with Gasteiger partial charge in [0.25, 0.3) is 0 Å². The number of hydrogen-bond acceptors (Lipinski definition) is 6. The topological polar surface area (TPSA) is 111 Å². The highest BCUT2D eigenvalue weighted by Gasteiger charge is 2.36. The van der Waals surface area contributed by atoms with Gasteiger partial charge in [-0.05, 0) is 6.92 Å². The second kappa shape index (κ2) is 4.66. The maximum Gasteiger partial charge on any atom is 0.326 e. The van der Waals surface area contributed by atoms with E-state index in [4.69, 9.17) is 10.8 Å². The zero-order chi connectivity index (χ0) is 11.6. The van der Waals surface area contributed by atoms with Gasteiger partial charge in [0.15, 0.2) is 0 Å². The Labute approximate surface area is 91.7 Å². The van der Waals surface area contributed by atoms with Crippen LogP contribution in [0.2, 0.25) is 0 Å². The third-order valence-electron chi connectivity index (χ3n) is 1.94. The largest absolute Gasteiger partial charge is 0.480 e. The monoisotopic (exact) mass is 235 g/mol. The summed E-state index contributed by atoms with van der Waals surface area (Å²) in [6.45, 7) is 1.51. The number of carboxylic acids is 1. The second-order valence-electron chi connectivity index (χ2n) is 3.04. The molecule has 8 nitrogen and oxygen atoms in total. The summed E-state index contributed by atoms with van der Waals surface area (Å²) in [6, 6.07) is -0.722. The first-order chi connectivity index (χ1) is 6.91. The molecule has 1 aliphatic rings. The molecular weight excluding hydrogens is 222 g/mol. The van der Waals surface area contributed by atoms with Crippen LogP contribution < -0.4 is 16.6 Å². The summed E-state index contributed by atoms with van der Waals surface area (Å²) >= 11 is 4.11. The number of nitrogens with zero attached hydrogens (tertiary/aromatic N) is 2. The summed E-state index contributed by atoms with van der Waals surface area (Å²) in [5.41, 5.74) is 9.55. The SMILES string of the molecule is CC1N(CC(=O)O)NC(S)N1NC(N)=O. The van der Waals surface area contributed by atoms with E-state index in [0.29, 0.717) is 0 Å². The lowest BCUT2D eigenvalue weighted by Crippen LogP contribution is -2.51. The minimum absolute atomic E-state index is 0.199. The standard InChI is InChI=1S/C6H13N5O3S/c1-3-10(2-4(12)13)9-6(15)11(3)8-5(7)14/h3,6,9,15H,2H2,1H3,(H,12,13)(H3,7,8,14). The van der Waals surface area contributed by atoms with Gasteiger partial charge in [-0.25, -0.2) is 15.2 Å². The normalized spacial score (nSPS) is 27.9. The average Bonchev–Trinajstić information content (AvgIpc) is 2.31. The summed E-state index contributed by atoms with van der Waals surface area (Å²) in [7, 11) is 0. The van der Waals surface area contributed by atoms with Crippen molar-refractivity contribution >= 4 is 24.6 Å². The predicted molar refractivity (Wildman–Crippen MR) is 54.3 cm³/mol. The minimum Gasteiger partial charge on any atom is -0.480 e. The first-order valence-electron chi connectivity index (χ1n) is 4.19. The van der Waals surface area contributed by atoms with Gasteiger partial charge in [-0.1, -0.05) is 0 Å². The quantitative estimate of drug-likeness (QED) is 0.374. The van der Waals surface area contributed by atoms with Gasteiger partial charge in [0, 0.05) is 0 Å². The number of nitrogens with one attached hydrogen (secondary N) is 2. The molecule has 1 saturated heterocycles. The molecule has 5 N–H and O–H groups in total. The molecule has 1 aliphatic heterocycles. The molecule has 1 rings (SSSR count). The van der Waals surface area contributed by atoms with Crippen LogP contribution in [0.1, 0.15) is 6.92 Å². The highest BCUT2D eigenvalue weighted by molar-refractivity contribution is 7.80. The summed E-state index contributed by atoms with van der Waals surface area (Å²) in [5.74, 6) is -0.976. The van der Waals surface area contributed by atoms with Gasteiger partial charge >= 0.3 is 12.0 Å². The van der Waals surface area contributed by atoms with Crippen molar-refractivity contribution in [2.24, 2.45) is 5.73 Å². The number of rotatable bonds is 3. The van der Waals surface area contributed by atoms with Crippen molar-refractivity contribution in [3.63, 3.8) is 0 Å². The van der Waals surface area contributed by atoms with Crippen LogP contribution in [-0.2, 0) is 4.79 Å². The molecule has 1 heterocycles. The Bertz CT molecular complexity index is 275. The van der Waals surface area contributed by atoms with Crippen LogP contribution in [0.3, 0.4) is 0 Å². The molecule has 0 spiro atoms. The number of primary amides is 1. The molecule has 0 aromatic heterocycles. The van der Waals surface area contributed by atoms with Crippen LogP contribution >= 0.6 is 12.6 Å². The number of aliphatic carboxylic acids is 1. The number of amides is 2. The minimum atomic E-state index is -0.976. The van der Waals surface area contributed by atoms with Gasteiger partial charge in [-0.3, -0.25) is 10.2 Å². The summed E-state index contributed by atoms with van der Waals surface area (Å²) < 4.78 is 0. The fourth-order valence-corrected chi connectivity index (χ4v) is 1.68. The second-order valence-corrected chi connectivity index (χ2v) is 3.53. The van der Waals surface area contributed by atoms with E-state index < -0.39 is 17.5 Å². The number of carbonyl (C=O) groups excluding carboxylic acids is 1. The van der Waals surface area contributed by atoms with Gasteiger partial charge in [-0.15, -0.1) is 12.6 Å². The highest BCUT2D eigenvalue weighted by Crippen LogP contribution is 2.15. The third kappa shape index (κ3) is 2.96. The molecule has 0 aromatic rings. The molecule has 2 atom stereocenters. The first-order valence-corrected chi connectivity index (χ1v) is 4.70. The van der Waals surface area contributed by atoms with Crippen molar-refractivity contribution in [1.82, 2.24) is 20.9 Å². The summed E-state index contributed by atoms with van der Waals surface area (Å²) in [5, 5.41) is 11.4. The zero-order valence-electron chi connectivity index (χ0n) is 8.04. The summed E-state index contributed by atoms with van der Waals surface area (Å²) in [6.07, 6.45) is -0.351. The fourth-order valence-electron chi connectivity index (χ4n) is 1.28. The van der Waals surface area contributed by atoms with Gasteiger partial charge in [0.05, 0.1) is 6.17 Å². The van der Waals surface area contributed by atoms with Gasteiger partial charge in [0.1, 0.15) is 12.0 Å². The molecule has 2 unspecified atom stereocenters. The highest BCUT2D eigenvalue weighted by atomic mass is 32.1. The van der Waals surface area contributed by atoms with Crippen LogP contribution in [0.4, 0.5) is 4.79 Å². The molecule has 0 aliphatic carbocycles. The molecule has 86 valence electrons. The average molecular weight is 235 g/mol. The fraction of sp³-hybridized carbons (Fsp3) is 0.667. The van der Waals surface area contributed by atoms with Crippen LogP contribution in [-0.4, -0.2) is 45.3 Å². The third-order valence-corrected chi connectivity index (χ3v) is 2.31. The number of carbonyl (C=O) groups is 2. The number of hydrogen-bond donors (Lipinski definition) is 5. The lowest BCUT2D eigenvalue weighted by atomic mass is 10.5. The summed E-state index contributed by atoms with van der Waals surface area (Å²) in [4.78, 5) is 21.1. The molecular formula is C6H13N5O3S. The van der Waals surface area contributed by atoms with E-state index in [1.807, 2.05) is 0 Å². The van der Waals surface area contributed by atoms with Crippen molar-refractivity contribution in [3.8, 4) is 0 Å². The smallest absolute Gasteiger partial charge is 0.326 e. The number of carboxylic acid groups (broad SMARTS) is 1. The van der Waals surface area contributed by atoms with Crippen molar-refractivity contribution in [2.75, 3.05) is 6.54 Å². The maximum absolute atomic E-state index is 10.6. The number of hydrazine groups is 2. The van der Waals surface area contributed by atoms with E-state index in [-0.39, 0.29) is 12.7 Å². The molecule has 9 heteroatoms. The van der Waals surface area contributed by atoms with E-state index in [1.54, 1.807) is 6.92 Å². The van der Waals surface area contributed by atoms with Crippen LogP contribution in [0.5, 0.6) is 0 Å². The molecule has 0 aromatic carbocycles. The van der Waals surface area contributed by atoms with Crippen LogP contribution in [0.25, 0.3) is 0 Å². The first kappa shape index (κ1) is 12.0. The van der Waals surface area contributed by atoms with E-state index in [0.717, 1.165) is 0 Å². The zero-order valence-corrected chi connectivity index (χ0v) is 8.94. The molecule has 15 heavy (non-hydrogen) atoms. The van der Waals surface area contributed by atoms with Crippen molar-refractivity contribution in [1.29, 1.82) is 0 Å². The van der Waals surface area contributed by atoms with Crippen LogP contribution in [0.15, 0.2) is 0 Å². The van der Waals surface area contributed by atoms with Crippen molar-refractivity contribution < 1.29 is 14.7 Å². The van der Waals surface area contributed by atoms with E-state index in [2.05, 4.69) is 23.5 Å². The molecule has 0 radical (unpaired) electrons. The van der Waals surface area contributed by atoms with Gasteiger partial charge in [0.2, 0.25) is 0 Å². The van der Waals surface area contributed by atoms with E-state index in [9.17, 15) is 9.59 Å². The molecule has 2 amide bonds. The van der Waals surface area contributed by atoms with Gasteiger partial charge in [-0.2, -0.15) is 5.01 Å². The number of urea groups is 1. The number of nitrogens with two attached hydrogens (primary N) is 1. The Morgan fingerprint density at radius 2 is 2.27 bits per heavy atom. The van der Waals surface area contributed by atoms with Crippen molar-refractivity contribution in [3.05, 3.63) is 0 Å². The van der Waals surface area contributed by atoms with Crippen molar-refractivity contribution in [2.45, 2.75) is 18.6 Å². The lowest BCUT2D eigenvalue weighted by molar-refractivity contribution is -0.139. The Kier molecular flexibility index (Phi) is 3.74. The predicted octanol–water partition coefficient (Wildman–Crippen LogP) is -1.66. The molecule has 1 fully saturated rings. The Morgan fingerprint density at radius 1 is 1.67 bits per heavy atom. The van der Waals surface area contributed by atoms with Gasteiger partial charge < -0.3 is 10.8 Å². The Hall–Kier alpha value is -1.03. The van der Waals surface area contributed by atoms with E-state index >= 15 is 0 Å². The van der Waals surface area contributed by atoms with Crippen LogP contribution in [0, 0.1) is 0 Å². The molecule has 0 bridgehead atoms. The Morgan fingerprint density at radius 3 is 2.73 bits per heavy atom. The Balaban J connectivity index is 2.61.